The molecule has 9 heteroatoms. The van der Waals surface area contributed by atoms with E-state index in [0.29, 0.717) is 41.3 Å². The van der Waals surface area contributed by atoms with E-state index in [2.05, 4.69) is 5.32 Å². The molecule has 2 heterocycles. The van der Waals surface area contributed by atoms with Crippen molar-refractivity contribution in [1.82, 2.24) is 5.32 Å². The molecule has 0 unspecified atom stereocenters. The van der Waals surface area contributed by atoms with Crippen LogP contribution in [-0.2, 0) is 19.1 Å². The molecular formula is C29H30N2O7. The lowest BCUT2D eigenvalue weighted by molar-refractivity contribution is -0.384. The van der Waals surface area contributed by atoms with Gasteiger partial charge in [-0.25, -0.2) is 4.79 Å². The van der Waals surface area contributed by atoms with Gasteiger partial charge in [-0.1, -0.05) is 30.3 Å². The van der Waals surface area contributed by atoms with Crippen molar-refractivity contribution in [3.63, 3.8) is 0 Å². The van der Waals surface area contributed by atoms with E-state index >= 15 is 0 Å². The van der Waals surface area contributed by atoms with Gasteiger partial charge in [-0.2, -0.15) is 0 Å². The van der Waals surface area contributed by atoms with Gasteiger partial charge in [-0.15, -0.1) is 0 Å². The third-order valence-electron chi connectivity index (χ3n) is 7.46. The molecule has 1 fully saturated rings. The highest BCUT2D eigenvalue weighted by Crippen LogP contribution is 2.47. The molecule has 1 aliphatic carbocycles. The van der Waals surface area contributed by atoms with E-state index in [1.807, 2.05) is 24.3 Å². The minimum absolute atomic E-state index is 0.108. The standard InChI is InChI=1S/C29H30N2O7/c1-17-26(29(33)38-16-21-9-6-12-37-21)27(18-7-5-8-20(13-18)31(34)35)28-23(30-17)14-19(15-24(28)32)22-10-3-4-11-25(22)36-2/h3-5,7-8,10-11,13,19,21,27,30H,6,9,12,14-16H2,1-2H3/t19-,21-,27+/m0/s1. The highest BCUT2D eigenvalue weighted by Gasteiger charge is 2.42. The first kappa shape index (κ1) is 25.7. The maximum absolute atomic E-state index is 13.8. The van der Waals surface area contributed by atoms with Crippen molar-refractivity contribution in [2.75, 3.05) is 20.3 Å². The maximum atomic E-state index is 13.8. The van der Waals surface area contributed by atoms with Gasteiger partial charge in [0, 0.05) is 54.0 Å². The number of esters is 1. The molecule has 198 valence electrons. The Hall–Kier alpha value is -3.98. The molecule has 0 spiro atoms. The van der Waals surface area contributed by atoms with E-state index in [9.17, 15) is 19.7 Å². The number of Topliss-reactive ketones (excluding diaryl/α,β-unsaturated/α-hetero) is 1. The number of nitrogens with zero attached hydrogens (tertiary/aromatic N) is 1. The molecule has 0 saturated carbocycles. The van der Waals surface area contributed by atoms with E-state index in [-0.39, 0.29) is 42.1 Å². The lowest BCUT2D eigenvalue weighted by Gasteiger charge is -2.37. The molecule has 0 amide bonds. The Bertz CT molecular complexity index is 1340. The molecular weight excluding hydrogens is 488 g/mol. The largest absolute Gasteiger partial charge is 0.496 e. The lowest BCUT2D eigenvalue weighted by atomic mass is 9.71. The number of ketones is 1. The van der Waals surface area contributed by atoms with Crippen LogP contribution in [0.15, 0.2) is 71.1 Å². The third-order valence-corrected chi connectivity index (χ3v) is 7.46. The van der Waals surface area contributed by atoms with Crippen LogP contribution in [0.2, 0.25) is 0 Å². The van der Waals surface area contributed by atoms with Crippen molar-refractivity contribution < 1.29 is 28.7 Å². The first-order chi connectivity index (χ1) is 18.4. The smallest absolute Gasteiger partial charge is 0.336 e. The fraction of sp³-hybridized carbons (Fsp3) is 0.379. The normalized spacial score (nSPS) is 23.1. The second-order valence-corrected chi connectivity index (χ2v) is 9.84. The molecule has 38 heavy (non-hydrogen) atoms. The molecule has 0 aromatic heterocycles. The van der Waals surface area contributed by atoms with Crippen LogP contribution in [0.4, 0.5) is 5.69 Å². The van der Waals surface area contributed by atoms with Crippen molar-refractivity contribution in [1.29, 1.82) is 0 Å². The number of benzene rings is 2. The van der Waals surface area contributed by atoms with Crippen LogP contribution < -0.4 is 10.1 Å². The quantitative estimate of drug-likeness (QED) is 0.319. The van der Waals surface area contributed by atoms with E-state index in [1.165, 1.54) is 12.1 Å². The number of para-hydroxylation sites is 1. The summed E-state index contributed by atoms with van der Waals surface area (Å²) in [4.78, 5) is 38.3. The number of nitro groups is 1. The zero-order valence-corrected chi connectivity index (χ0v) is 21.4. The molecule has 0 radical (unpaired) electrons. The molecule has 2 aromatic carbocycles. The number of rotatable bonds is 7. The molecule has 1 N–H and O–H groups in total. The number of carbonyl (C=O) groups excluding carboxylic acids is 2. The van der Waals surface area contributed by atoms with Gasteiger partial charge in [0.1, 0.15) is 12.4 Å². The van der Waals surface area contributed by atoms with Crippen molar-refractivity contribution >= 4 is 17.4 Å². The number of nitro benzene ring substituents is 1. The molecule has 0 bridgehead atoms. The second kappa shape index (κ2) is 10.8. The fourth-order valence-electron chi connectivity index (χ4n) is 5.71. The first-order valence-electron chi connectivity index (χ1n) is 12.8. The number of non-ortho nitro benzene ring substituents is 1. The number of allylic oxidation sites excluding steroid dienone is 3. The summed E-state index contributed by atoms with van der Waals surface area (Å²) in [7, 11) is 1.60. The summed E-state index contributed by atoms with van der Waals surface area (Å²) in [6, 6.07) is 13.7. The van der Waals surface area contributed by atoms with Crippen LogP contribution in [0, 0.1) is 10.1 Å². The number of dihydropyridines is 1. The van der Waals surface area contributed by atoms with E-state index in [4.69, 9.17) is 14.2 Å². The van der Waals surface area contributed by atoms with Crippen LogP contribution in [-0.4, -0.2) is 43.1 Å². The number of hydrogen-bond donors (Lipinski definition) is 1. The third kappa shape index (κ3) is 4.93. The molecule has 3 aliphatic rings. The number of hydrogen-bond acceptors (Lipinski definition) is 8. The van der Waals surface area contributed by atoms with Crippen LogP contribution in [0.3, 0.4) is 0 Å². The Kier molecular flexibility index (Phi) is 7.28. The number of ether oxygens (including phenoxy) is 3. The average Bonchev–Trinajstić information content (AvgIpc) is 3.44. The number of methoxy groups -OCH3 is 1. The van der Waals surface area contributed by atoms with Gasteiger partial charge in [0.25, 0.3) is 5.69 Å². The van der Waals surface area contributed by atoms with Crippen molar-refractivity contribution in [3.05, 3.63) is 92.3 Å². The molecule has 1 saturated heterocycles. The second-order valence-electron chi connectivity index (χ2n) is 9.84. The number of nitrogens with one attached hydrogen (secondary N) is 1. The Morgan fingerprint density at radius 3 is 2.74 bits per heavy atom. The van der Waals surface area contributed by atoms with E-state index in [1.54, 1.807) is 26.2 Å². The van der Waals surface area contributed by atoms with Crippen LogP contribution in [0.25, 0.3) is 0 Å². The zero-order chi connectivity index (χ0) is 26.8. The van der Waals surface area contributed by atoms with Crippen molar-refractivity contribution in [2.24, 2.45) is 0 Å². The number of carbonyl (C=O) groups is 2. The monoisotopic (exact) mass is 518 g/mol. The van der Waals surface area contributed by atoms with Crippen LogP contribution >= 0.6 is 0 Å². The molecule has 9 nitrogen and oxygen atoms in total. The summed E-state index contributed by atoms with van der Waals surface area (Å²) >= 11 is 0. The van der Waals surface area contributed by atoms with E-state index in [0.717, 1.165) is 18.4 Å². The molecule has 3 atom stereocenters. The van der Waals surface area contributed by atoms with Gasteiger partial charge < -0.3 is 19.5 Å². The summed E-state index contributed by atoms with van der Waals surface area (Å²) in [5, 5.41) is 14.9. The minimum Gasteiger partial charge on any atom is -0.496 e. The molecule has 2 aliphatic heterocycles. The fourth-order valence-corrected chi connectivity index (χ4v) is 5.71. The zero-order valence-electron chi connectivity index (χ0n) is 21.4. The predicted octanol–water partition coefficient (Wildman–Crippen LogP) is 4.69. The first-order valence-corrected chi connectivity index (χ1v) is 12.8. The minimum atomic E-state index is -0.783. The molecule has 2 aromatic rings. The Morgan fingerprint density at radius 2 is 2.00 bits per heavy atom. The highest BCUT2D eigenvalue weighted by atomic mass is 16.6. The summed E-state index contributed by atoms with van der Waals surface area (Å²) in [5.41, 5.74) is 3.33. The maximum Gasteiger partial charge on any atom is 0.336 e. The highest BCUT2D eigenvalue weighted by molar-refractivity contribution is 6.04. The summed E-state index contributed by atoms with van der Waals surface area (Å²) in [6.45, 7) is 2.53. The SMILES string of the molecule is COc1ccccc1[C@@H]1CC(=O)C2=C(C1)NC(C)=C(C(=O)OC[C@@H]1CCCO1)[C@H]2c1cccc([N+](=O)[O-])c1. The lowest BCUT2D eigenvalue weighted by Crippen LogP contribution is -2.36. The van der Waals surface area contributed by atoms with Gasteiger partial charge in [0.15, 0.2) is 5.78 Å². The average molecular weight is 519 g/mol. The predicted molar refractivity (Wildman–Crippen MR) is 139 cm³/mol. The Labute approximate surface area is 220 Å². The Morgan fingerprint density at radius 1 is 1.18 bits per heavy atom. The van der Waals surface area contributed by atoms with Gasteiger partial charge in [-0.3, -0.25) is 14.9 Å². The van der Waals surface area contributed by atoms with Gasteiger partial charge in [-0.05, 0) is 43.4 Å². The van der Waals surface area contributed by atoms with Crippen LogP contribution in [0.5, 0.6) is 5.75 Å². The van der Waals surface area contributed by atoms with Gasteiger partial charge >= 0.3 is 5.97 Å². The summed E-state index contributed by atoms with van der Waals surface area (Å²) in [5.74, 6) is -0.868. The summed E-state index contributed by atoms with van der Waals surface area (Å²) < 4.78 is 16.8. The van der Waals surface area contributed by atoms with Crippen molar-refractivity contribution in [2.45, 2.75) is 50.5 Å². The van der Waals surface area contributed by atoms with Crippen molar-refractivity contribution in [3.8, 4) is 5.75 Å². The molecule has 5 rings (SSSR count). The Balaban J connectivity index is 1.54. The summed E-state index contributed by atoms with van der Waals surface area (Å²) in [6.07, 6.45) is 2.34. The van der Waals surface area contributed by atoms with E-state index < -0.39 is 16.8 Å². The van der Waals surface area contributed by atoms with Crippen LogP contribution in [0.1, 0.15) is 55.6 Å². The van der Waals surface area contributed by atoms with Gasteiger partial charge in [0.05, 0.1) is 23.7 Å². The topological polar surface area (TPSA) is 117 Å². The van der Waals surface area contributed by atoms with Gasteiger partial charge in [0.2, 0.25) is 0 Å².